The van der Waals surface area contributed by atoms with Gasteiger partial charge >= 0.3 is 6.03 Å². The van der Waals surface area contributed by atoms with E-state index in [-0.39, 0.29) is 24.9 Å². The quantitative estimate of drug-likeness (QED) is 0.617. The number of amides is 3. The van der Waals surface area contributed by atoms with Crippen LogP contribution >= 0.6 is 0 Å². The number of aliphatic hydroxyl groups is 1. The molecule has 0 radical (unpaired) electrons. The summed E-state index contributed by atoms with van der Waals surface area (Å²) in [4.78, 5) is 23.0. The minimum absolute atomic E-state index is 0.0757. The zero-order valence-electron chi connectivity index (χ0n) is 12.5. The predicted octanol–water partition coefficient (Wildman–Crippen LogP) is 1.78. The van der Waals surface area contributed by atoms with Crippen LogP contribution in [0.1, 0.15) is 38.4 Å². The Hall–Kier alpha value is -2.08. The topological polar surface area (TPSA) is 90.5 Å². The summed E-state index contributed by atoms with van der Waals surface area (Å²) in [5.41, 5.74) is 1.33. The Morgan fingerprint density at radius 3 is 2.67 bits per heavy atom. The lowest BCUT2D eigenvalue weighted by atomic mass is 10.1. The molecule has 116 valence electrons. The maximum absolute atomic E-state index is 11.7. The van der Waals surface area contributed by atoms with Crippen molar-refractivity contribution < 1.29 is 14.7 Å². The van der Waals surface area contributed by atoms with Crippen LogP contribution in [0.2, 0.25) is 0 Å². The van der Waals surface area contributed by atoms with Crippen molar-refractivity contribution in [3.63, 3.8) is 0 Å². The second-order valence-corrected chi connectivity index (χ2v) is 4.78. The van der Waals surface area contributed by atoms with Crippen LogP contribution in [-0.2, 0) is 4.79 Å². The zero-order chi connectivity index (χ0) is 15.7. The van der Waals surface area contributed by atoms with E-state index in [1.165, 1.54) is 0 Å². The average Bonchev–Trinajstić information content (AvgIpc) is 2.45. The number of hydrogen-bond acceptors (Lipinski definition) is 3. The van der Waals surface area contributed by atoms with Gasteiger partial charge < -0.3 is 21.1 Å². The molecule has 1 atom stereocenters. The standard InChI is InChI=1S/C15H23N3O3/c1-3-8-16-14(20)7-9-17-15(21)18-13-6-4-5-12(10-13)11(2)19/h4-6,10-11,19H,3,7-9H2,1-2H3,(H,16,20)(H2,17,18,21). The fourth-order valence-electron chi connectivity index (χ4n) is 1.69. The van der Waals surface area contributed by atoms with Gasteiger partial charge in [-0.1, -0.05) is 19.1 Å². The van der Waals surface area contributed by atoms with E-state index in [9.17, 15) is 14.7 Å². The van der Waals surface area contributed by atoms with Gasteiger partial charge in [0.1, 0.15) is 0 Å². The van der Waals surface area contributed by atoms with Gasteiger partial charge in [-0.15, -0.1) is 0 Å². The van der Waals surface area contributed by atoms with E-state index in [2.05, 4.69) is 16.0 Å². The molecule has 0 heterocycles. The van der Waals surface area contributed by atoms with Crippen molar-refractivity contribution in [3.05, 3.63) is 29.8 Å². The lowest BCUT2D eigenvalue weighted by Crippen LogP contribution is -2.33. The second kappa shape index (κ2) is 8.97. The maximum Gasteiger partial charge on any atom is 0.319 e. The summed E-state index contributed by atoms with van der Waals surface area (Å²) in [6.07, 6.45) is 0.553. The van der Waals surface area contributed by atoms with Gasteiger partial charge in [0.15, 0.2) is 0 Å². The highest BCUT2D eigenvalue weighted by Gasteiger charge is 2.06. The number of anilines is 1. The number of benzene rings is 1. The molecule has 0 aliphatic carbocycles. The Morgan fingerprint density at radius 1 is 1.24 bits per heavy atom. The molecule has 0 aliphatic rings. The highest BCUT2D eigenvalue weighted by molar-refractivity contribution is 5.89. The first-order chi connectivity index (χ1) is 10.0. The van der Waals surface area contributed by atoms with Crippen molar-refractivity contribution in [1.29, 1.82) is 0 Å². The Balaban J connectivity index is 2.34. The van der Waals surface area contributed by atoms with Crippen molar-refractivity contribution >= 4 is 17.6 Å². The average molecular weight is 293 g/mol. The normalized spacial score (nSPS) is 11.6. The largest absolute Gasteiger partial charge is 0.389 e. The van der Waals surface area contributed by atoms with Crippen LogP contribution in [0.4, 0.5) is 10.5 Å². The SMILES string of the molecule is CCCNC(=O)CCNC(=O)Nc1cccc(C(C)O)c1. The van der Waals surface area contributed by atoms with E-state index in [1.807, 2.05) is 6.92 Å². The Labute approximate surface area is 124 Å². The molecule has 1 unspecified atom stereocenters. The Bertz CT molecular complexity index is 475. The third-order valence-corrected chi connectivity index (χ3v) is 2.84. The molecule has 0 saturated heterocycles. The van der Waals surface area contributed by atoms with Crippen LogP contribution in [0.3, 0.4) is 0 Å². The van der Waals surface area contributed by atoms with Crippen molar-refractivity contribution in [1.82, 2.24) is 10.6 Å². The van der Waals surface area contributed by atoms with Crippen LogP contribution in [0.25, 0.3) is 0 Å². The van der Waals surface area contributed by atoms with Crippen LogP contribution in [-0.4, -0.2) is 30.1 Å². The van der Waals surface area contributed by atoms with Gasteiger partial charge in [0.25, 0.3) is 0 Å². The lowest BCUT2D eigenvalue weighted by molar-refractivity contribution is -0.120. The van der Waals surface area contributed by atoms with Crippen molar-refractivity contribution in [2.24, 2.45) is 0 Å². The predicted molar refractivity (Wildman–Crippen MR) is 82.0 cm³/mol. The van der Waals surface area contributed by atoms with Gasteiger partial charge in [0, 0.05) is 25.2 Å². The van der Waals surface area contributed by atoms with Crippen LogP contribution in [0.5, 0.6) is 0 Å². The van der Waals surface area contributed by atoms with Crippen molar-refractivity contribution in [2.75, 3.05) is 18.4 Å². The first kappa shape index (κ1) is 17.0. The van der Waals surface area contributed by atoms with Crippen molar-refractivity contribution in [2.45, 2.75) is 32.8 Å². The molecule has 0 fully saturated rings. The van der Waals surface area contributed by atoms with E-state index in [0.29, 0.717) is 12.2 Å². The molecule has 6 heteroatoms. The molecule has 0 bridgehead atoms. The maximum atomic E-state index is 11.7. The first-order valence-corrected chi connectivity index (χ1v) is 7.12. The smallest absolute Gasteiger partial charge is 0.319 e. The van der Waals surface area contributed by atoms with Crippen LogP contribution < -0.4 is 16.0 Å². The highest BCUT2D eigenvalue weighted by Crippen LogP contribution is 2.16. The molecule has 21 heavy (non-hydrogen) atoms. The second-order valence-electron chi connectivity index (χ2n) is 4.78. The molecule has 1 rings (SSSR count). The summed E-state index contributed by atoms with van der Waals surface area (Å²) in [6.45, 7) is 4.57. The van der Waals surface area contributed by atoms with E-state index in [1.54, 1.807) is 31.2 Å². The van der Waals surface area contributed by atoms with Gasteiger partial charge in [0.2, 0.25) is 5.91 Å². The molecular formula is C15H23N3O3. The number of urea groups is 1. The minimum atomic E-state index is -0.586. The summed E-state index contributed by atoms with van der Waals surface area (Å²) >= 11 is 0. The number of nitrogens with one attached hydrogen (secondary N) is 3. The summed E-state index contributed by atoms with van der Waals surface area (Å²) < 4.78 is 0. The molecule has 3 amide bonds. The van der Waals surface area contributed by atoms with Crippen LogP contribution in [0, 0.1) is 0 Å². The molecule has 1 aromatic rings. The molecule has 0 aliphatic heterocycles. The monoisotopic (exact) mass is 293 g/mol. The molecule has 0 spiro atoms. The first-order valence-electron chi connectivity index (χ1n) is 7.12. The van der Waals surface area contributed by atoms with Gasteiger partial charge in [-0.3, -0.25) is 4.79 Å². The van der Waals surface area contributed by atoms with Gasteiger partial charge in [0.05, 0.1) is 6.10 Å². The van der Waals surface area contributed by atoms with E-state index >= 15 is 0 Å². The molecule has 6 nitrogen and oxygen atoms in total. The zero-order valence-corrected chi connectivity index (χ0v) is 12.5. The third-order valence-electron chi connectivity index (χ3n) is 2.84. The fourth-order valence-corrected chi connectivity index (χ4v) is 1.69. The molecule has 0 aromatic heterocycles. The molecule has 4 N–H and O–H groups in total. The summed E-state index contributed by atoms with van der Waals surface area (Å²) in [6, 6.07) is 6.61. The van der Waals surface area contributed by atoms with Crippen molar-refractivity contribution in [3.8, 4) is 0 Å². The molecule has 1 aromatic carbocycles. The fraction of sp³-hybridized carbons (Fsp3) is 0.467. The number of carbonyl (C=O) groups is 2. The van der Waals surface area contributed by atoms with Gasteiger partial charge in [-0.05, 0) is 31.0 Å². The van der Waals surface area contributed by atoms with E-state index < -0.39 is 6.10 Å². The Morgan fingerprint density at radius 2 is 2.00 bits per heavy atom. The number of rotatable bonds is 7. The van der Waals surface area contributed by atoms with Gasteiger partial charge in [-0.2, -0.15) is 0 Å². The Kier molecular flexibility index (Phi) is 7.25. The van der Waals surface area contributed by atoms with E-state index in [4.69, 9.17) is 0 Å². The highest BCUT2D eigenvalue weighted by atomic mass is 16.3. The minimum Gasteiger partial charge on any atom is -0.389 e. The summed E-state index contributed by atoms with van der Waals surface area (Å²) in [5, 5.41) is 17.5. The number of carbonyl (C=O) groups excluding carboxylic acids is 2. The number of aliphatic hydroxyl groups excluding tert-OH is 1. The lowest BCUT2D eigenvalue weighted by Gasteiger charge is -2.10. The van der Waals surface area contributed by atoms with Gasteiger partial charge in [-0.25, -0.2) is 4.79 Å². The number of hydrogen-bond donors (Lipinski definition) is 4. The third kappa shape index (κ3) is 6.76. The van der Waals surface area contributed by atoms with E-state index in [0.717, 1.165) is 12.0 Å². The molecular weight excluding hydrogens is 270 g/mol. The molecule has 0 saturated carbocycles. The van der Waals surface area contributed by atoms with Crippen LogP contribution in [0.15, 0.2) is 24.3 Å². The summed E-state index contributed by atoms with van der Waals surface area (Å²) in [5.74, 6) is -0.0757. The summed E-state index contributed by atoms with van der Waals surface area (Å²) in [7, 11) is 0.